The third-order valence-corrected chi connectivity index (χ3v) is 5.55. The van der Waals surface area contributed by atoms with Gasteiger partial charge in [-0.1, -0.05) is 5.16 Å². The zero-order valence-corrected chi connectivity index (χ0v) is 15.1. The number of aromatic nitrogens is 1. The Hall–Kier alpha value is -2.38. The minimum absolute atomic E-state index is 0.0606. The number of likely N-dealkylation sites (tertiary alicyclic amines) is 1. The van der Waals surface area contributed by atoms with E-state index < -0.39 is 22.5 Å². The molecule has 1 aromatic heterocycles. The fourth-order valence-corrected chi connectivity index (χ4v) is 4.29. The summed E-state index contributed by atoms with van der Waals surface area (Å²) in [6.07, 6.45) is 1.76. The van der Waals surface area contributed by atoms with Crippen molar-refractivity contribution in [1.82, 2.24) is 20.0 Å². The van der Waals surface area contributed by atoms with Crippen molar-refractivity contribution in [1.29, 1.82) is 5.41 Å². The van der Waals surface area contributed by atoms with Gasteiger partial charge in [0.1, 0.15) is 11.5 Å². The number of hydrogen-bond acceptors (Lipinski definition) is 7. The number of guanidine groups is 1. The maximum Gasteiger partial charge on any atom is 0.418 e. The summed E-state index contributed by atoms with van der Waals surface area (Å²) >= 11 is 0. The molecule has 2 bridgehead atoms. The smallest absolute Gasteiger partial charge is 0.370 e. The van der Waals surface area contributed by atoms with Crippen LogP contribution in [0.1, 0.15) is 30.3 Å². The van der Waals surface area contributed by atoms with Crippen molar-refractivity contribution in [2.75, 3.05) is 19.6 Å². The summed E-state index contributed by atoms with van der Waals surface area (Å²) in [7, 11) is -4.76. The number of carbonyl (C=O) groups is 1. The molecule has 3 aliphatic rings. The highest BCUT2D eigenvalue weighted by Crippen LogP contribution is 2.38. The van der Waals surface area contributed by atoms with Gasteiger partial charge in [-0.15, -0.1) is 4.28 Å². The first-order valence-electron chi connectivity index (χ1n) is 8.52. The number of nitrogens with one attached hydrogen (secondary N) is 1. The van der Waals surface area contributed by atoms with Crippen molar-refractivity contribution >= 4 is 22.4 Å². The number of hydroxylamine groups is 2. The average molecular weight is 400 g/mol. The average Bonchev–Trinajstić information content (AvgIpc) is 3.09. The van der Waals surface area contributed by atoms with Crippen molar-refractivity contribution in [2.24, 2.45) is 11.7 Å². The number of nitrogens with two attached hydrogens (primary N) is 1. The lowest BCUT2D eigenvalue weighted by atomic mass is 9.94. The SMILES string of the molecule is N=C(N)N1CC(Cc2cc([C@H]3CC[C@@H]4CN3C(=O)N4OS(=O)(=O)O)no2)C1. The third-order valence-electron chi connectivity index (χ3n) is 5.20. The molecule has 3 fully saturated rings. The molecule has 0 aromatic carbocycles. The van der Waals surface area contributed by atoms with Crippen molar-refractivity contribution in [3.8, 4) is 0 Å². The number of fused-ring (bicyclic) bond motifs is 2. The number of nitrogens with zero attached hydrogens (tertiary/aromatic N) is 4. The monoisotopic (exact) mass is 400 g/mol. The van der Waals surface area contributed by atoms with Gasteiger partial charge in [-0.2, -0.15) is 13.5 Å². The van der Waals surface area contributed by atoms with Crippen LogP contribution in [0.4, 0.5) is 4.79 Å². The summed E-state index contributed by atoms with van der Waals surface area (Å²) in [6, 6.07) is 0.410. The minimum Gasteiger partial charge on any atom is -0.370 e. The van der Waals surface area contributed by atoms with Crippen LogP contribution in [-0.2, 0) is 21.1 Å². The van der Waals surface area contributed by atoms with Crippen LogP contribution in [0.3, 0.4) is 0 Å². The molecule has 148 valence electrons. The van der Waals surface area contributed by atoms with E-state index >= 15 is 0 Å². The zero-order valence-electron chi connectivity index (χ0n) is 14.3. The first-order valence-corrected chi connectivity index (χ1v) is 9.89. The van der Waals surface area contributed by atoms with E-state index in [0.717, 1.165) is 0 Å². The summed E-state index contributed by atoms with van der Waals surface area (Å²) in [6.45, 7) is 1.68. The van der Waals surface area contributed by atoms with Crippen molar-refractivity contribution in [3.63, 3.8) is 0 Å². The summed E-state index contributed by atoms with van der Waals surface area (Å²) in [4.78, 5) is 15.7. The first-order chi connectivity index (χ1) is 12.7. The van der Waals surface area contributed by atoms with Crippen LogP contribution < -0.4 is 5.73 Å². The van der Waals surface area contributed by atoms with E-state index in [1.54, 1.807) is 11.0 Å². The quantitative estimate of drug-likeness (QED) is 0.342. The Labute approximate surface area is 155 Å². The van der Waals surface area contributed by atoms with Crippen LogP contribution in [0.5, 0.6) is 0 Å². The number of rotatable bonds is 5. The molecule has 3 saturated heterocycles. The molecular formula is C14H20N6O6S. The summed E-state index contributed by atoms with van der Waals surface area (Å²) < 4.78 is 40.6. The van der Waals surface area contributed by atoms with Crippen molar-refractivity contribution in [3.05, 3.63) is 17.5 Å². The Morgan fingerprint density at radius 3 is 2.81 bits per heavy atom. The third kappa shape index (κ3) is 3.44. The Balaban J connectivity index is 1.41. The molecule has 4 N–H and O–H groups in total. The van der Waals surface area contributed by atoms with Gasteiger partial charge in [0.2, 0.25) is 0 Å². The van der Waals surface area contributed by atoms with Gasteiger partial charge >= 0.3 is 16.4 Å². The fraction of sp³-hybridized carbons (Fsp3) is 0.643. The molecule has 1 aromatic rings. The predicted molar refractivity (Wildman–Crippen MR) is 89.5 cm³/mol. The van der Waals surface area contributed by atoms with Crippen LogP contribution in [0.2, 0.25) is 0 Å². The highest BCUT2D eigenvalue weighted by Gasteiger charge is 2.48. The molecule has 2 amide bonds. The van der Waals surface area contributed by atoms with E-state index in [0.29, 0.717) is 54.8 Å². The minimum atomic E-state index is -4.76. The van der Waals surface area contributed by atoms with Crippen LogP contribution >= 0.6 is 0 Å². The van der Waals surface area contributed by atoms with Gasteiger partial charge in [0.25, 0.3) is 0 Å². The van der Waals surface area contributed by atoms with Crippen LogP contribution in [0.15, 0.2) is 10.6 Å². The van der Waals surface area contributed by atoms with Gasteiger partial charge in [-0.05, 0) is 12.8 Å². The molecule has 4 heterocycles. The van der Waals surface area contributed by atoms with Gasteiger partial charge in [-0.3, -0.25) is 9.96 Å². The van der Waals surface area contributed by atoms with E-state index in [1.807, 2.05) is 0 Å². The molecule has 3 aliphatic heterocycles. The molecule has 4 rings (SSSR count). The summed E-state index contributed by atoms with van der Waals surface area (Å²) in [5.41, 5.74) is 6.03. The topological polar surface area (TPSA) is 166 Å². The predicted octanol–water partition coefficient (Wildman–Crippen LogP) is -0.282. The number of urea groups is 1. The van der Waals surface area contributed by atoms with E-state index in [2.05, 4.69) is 9.44 Å². The molecule has 0 radical (unpaired) electrons. The lowest BCUT2D eigenvalue weighted by Crippen LogP contribution is -2.53. The van der Waals surface area contributed by atoms with E-state index in [-0.39, 0.29) is 18.5 Å². The lowest BCUT2D eigenvalue weighted by Gasteiger charge is -2.39. The summed E-state index contributed by atoms with van der Waals surface area (Å²) in [5, 5.41) is 12.1. The molecule has 0 saturated carbocycles. The van der Waals surface area contributed by atoms with Gasteiger partial charge in [-0.25, -0.2) is 4.79 Å². The van der Waals surface area contributed by atoms with Gasteiger partial charge in [0, 0.05) is 38.0 Å². The Morgan fingerprint density at radius 2 is 2.15 bits per heavy atom. The molecular weight excluding hydrogens is 380 g/mol. The molecule has 12 nitrogen and oxygen atoms in total. The Morgan fingerprint density at radius 1 is 1.41 bits per heavy atom. The van der Waals surface area contributed by atoms with Crippen LogP contribution in [0, 0.1) is 11.3 Å². The molecule has 13 heteroatoms. The zero-order chi connectivity index (χ0) is 19.3. The normalized spacial score (nSPS) is 25.8. The second-order valence-electron chi connectivity index (χ2n) is 7.09. The van der Waals surface area contributed by atoms with Gasteiger partial charge < -0.3 is 20.1 Å². The standard InChI is InChI=1S/C14H20N6O6S/c15-13(16)18-5-8(6-18)3-10-4-11(17-25-10)12-2-1-9-7-19(12)14(21)20(9)26-27(22,23)24/h4,8-9,12H,1-3,5-7H2,(H3,15,16)(H,22,23,24)/t9-,12-/m1/s1. The molecule has 0 unspecified atom stereocenters. The number of carbonyl (C=O) groups excluding carboxylic acids is 1. The number of amides is 2. The van der Waals surface area contributed by atoms with Gasteiger partial charge in [0.15, 0.2) is 5.96 Å². The number of piperidine rings is 1. The molecule has 27 heavy (non-hydrogen) atoms. The Bertz CT molecular complexity index is 865. The van der Waals surface area contributed by atoms with Crippen molar-refractivity contribution in [2.45, 2.75) is 31.3 Å². The maximum atomic E-state index is 12.4. The molecule has 2 atom stereocenters. The Kier molecular flexibility index (Phi) is 4.24. The molecule has 0 spiro atoms. The van der Waals surface area contributed by atoms with E-state index in [1.165, 1.54) is 4.90 Å². The highest BCUT2D eigenvalue weighted by molar-refractivity contribution is 7.80. The largest absolute Gasteiger partial charge is 0.418 e. The fourth-order valence-electron chi connectivity index (χ4n) is 3.90. The van der Waals surface area contributed by atoms with E-state index in [9.17, 15) is 13.2 Å². The second-order valence-corrected chi connectivity index (χ2v) is 8.09. The van der Waals surface area contributed by atoms with Gasteiger partial charge in [0.05, 0.1) is 12.1 Å². The molecule has 0 aliphatic carbocycles. The summed E-state index contributed by atoms with van der Waals surface area (Å²) in [5.74, 6) is 1.08. The lowest BCUT2D eigenvalue weighted by molar-refractivity contribution is -0.0317. The highest BCUT2D eigenvalue weighted by atomic mass is 32.3. The van der Waals surface area contributed by atoms with Crippen LogP contribution in [-0.4, -0.2) is 70.7 Å². The van der Waals surface area contributed by atoms with Crippen molar-refractivity contribution < 1.29 is 26.6 Å². The number of hydrogen-bond donors (Lipinski definition) is 3. The van der Waals surface area contributed by atoms with E-state index in [4.69, 9.17) is 20.2 Å². The maximum absolute atomic E-state index is 12.4. The first kappa shape index (κ1) is 18.0. The van der Waals surface area contributed by atoms with Crippen LogP contribution in [0.25, 0.3) is 0 Å². The second kappa shape index (κ2) is 6.35.